The Labute approximate surface area is 202 Å². The first kappa shape index (κ1) is 24.3. The minimum absolute atomic E-state index is 0.514. The Bertz CT molecular complexity index is 1100. The van der Waals surface area contributed by atoms with Crippen LogP contribution in [0.1, 0.15) is 35.4 Å². The van der Waals surface area contributed by atoms with Gasteiger partial charge in [-0.3, -0.25) is 0 Å². The lowest BCUT2D eigenvalue weighted by atomic mass is 10.1. The van der Waals surface area contributed by atoms with Crippen LogP contribution in [0.3, 0.4) is 0 Å². The van der Waals surface area contributed by atoms with Crippen molar-refractivity contribution in [2.75, 3.05) is 37.0 Å². The van der Waals surface area contributed by atoms with Gasteiger partial charge in [-0.15, -0.1) is 0 Å². The number of nitrogens with zero attached hydrogens (tertiary/aromatic N) is 5. The molecule has 34 heavy (non-hydrogen) atoms. The molecule has 3 aromatic rings. The van der Waals surface area contributed by atoms with Crippen LogP contribution in [0, 0.1) is 22.7 Å². The Kier molecular flexibility index (Phi) is 9.02. The minimum Gasteiger partial charge on any atom is -0.374 e. The number of pyridine rings is 1. The molecule has 1 heterocycles. The molecule has 3 rings (SSSR count). The highest BCUT2D eigenvalue weighted by molar-refractivity contribution is 5.72. The van der Waals surface area contributed by atoms with Crippen molar-refractivity contribution in [2.24, 2.45) is 0 Å². The summed E-state index contributed by atoms with van der Waals surface area (Å²) >= 11 is 0. The molecule has 0 aliphatic carbocycles. The van der Waals surface area contributed by atoms with Gasteiger partial charge in [0.1, 0.15) is 0 Å². The highest BCUT2D eigenvalue weighted by Gasteiger charge is 2.01. The molecule has 0 radical (unpaired) electrons. The van der Waals surface area contributed by atoms with Gasteiger partial charge >= 0.3 is 0 Å². The van der Waals surface area contributed by atoms with Crippen molar-refractivity contribution in [3.63, 3.8) is 0 Å². The van der Waals surface area contributed by atoms with Crippen molar-refractivity contribution in [1.29, 1.82) is 10.5 Å². The van der Waals surface area contributed by atoms with Crippen molar-refractivity contribution in [3.05, 3.63) is 89.2 Å². The molecule has 0 fully saturated rings. The van der Waals surface area contributed by atoms with E-state index in [4.69, 9.17) is 15.5 Å². The van der Waals surface area contributed by atoms with Crippen LogP contribution in [-0.4, -0.2) is 32.2 Å². The summed E-state index contributed by atoms with van der Waals surface area (Å²) in [6, 6.07) is 26.9. The number of aromatic nitrogens is 1. The van der Waals surface area contributed by atoms with E-state index in [0.717, 1.165) is 47.0 Å². The zero-order valence-corrected chi connectivity index (χ0v) is 19.7. The molecule has 0 unspecified atom stereocenters. The standard InChI is InChI=1S/C29H29N5/c1-33(22-4-20-30)28-16-10-24(11-17-28)8-14-26-6-3-7-27(32-26)15-9-25-12-18-29(19-13-25)34(2)23-5-21-31/h3,6-19H,4-5,22-23H2,1-2H3/b14-8+,15-9+. The van der Waals surface area contributed by atoms with Crippen molar-refractivity contribution in [1.82, 2.24) is 4.98 Å². The fraction of sp³-hybridized carbons (Fsp3) is 0.207. The summed E-state index contributed by atoms with van der Waals surface area (Å²) in [5.41, 5.74) is 6.18. The molecule has 5 heteroatoms. The fourth-order valence-electron chi connectivity index (χ4n) is 3.39. The normalized spacial score (nSPS) is 10.8. The summed E-state index contributed by atoms with van der Waals surface area (Å²) < 4.78 is 0. The van der Waals surface area contributed by atoms with Crippen molar-refractivity contribution in [3.8, 4) is 12.1 Å². The van der Waals surface area contributed by atoms with Crippen LogP contribution >= 0.6 is 0 Å². The summed E-state index contributed by atoms with van der Waals surface area (Å²) in [6.07, 6.45) is 9.16. The van der Waals surface area contributed by atoms with Gasteiger partial charge in [0.05, 0.1) is 36.4 Å². The maximum Gasteiger partial charge on any atom is 0.0640 e. The van der Waals surface area contributed by atoms with E-state index in [1.807, 2.05) is 44.4 Å². The average Bonchev–Trinajstić information content (AvgIpc) is 2.88. The third-order valence-corrected chi connectivity index (χ3v) is 5.47. The summed E-state index contributed by atoms with van der Waals surface area (Å²) in [5, 5.41) is 17.5. The Morgan fingerprint density at radius 1 is 0.647 bits per heavy atom. The lowest BCUT2D eigenvalue weighted by molar-refractivity contribution is 0.905. The lowest BCUT2D eigenvalue weighted by Crippen LogP contribution is -2.17. The summed E-state index contributed by atoms with van der Waals surface area (Å²) in [7, 11) is 3.99. The molecule has 2 aromatic carbocycles. The maximum absolute atomic E-state index is 8.74. The zero-order chi connectivity index (χ0) is 24.2. The van der Waals surface area contributed by atoms with Gasteiger partial charge in [0.2, 0.25) is 0 Å². The van der Waals surface area contributed by atoms with Crippen LogP contribution in [0.5, 0.6) is 0 Å². The minimum atomic E-state index is 0.514. The first-order valence-corrected chi connectivity index (χ1v) is 11.3. The van der Waals surface area contributed by atoms with Crippen molar-refractivity contribution < 1.29 is 0 Å². The number of hydrogen-bond donors (Lipinski definition) is 0. The number of anilines is 2. The summed E-state index contributed by atoms with van der Waals surface area (Å²) in [4.78, 5) is 8.87. The zero-order valence-electron chi connectivity index (χ0n) is 19.7. The van der Waals surface area contributed by atoms with Gasteiger partial charge < -0.3 is 9.80 Å². The highest BCUT2D eigenvalue weighted by atomic mass is 15.1. The molecule has 0 atom stereocenters. The fourth-order valence-corrected chi connectivity index (χ4v) is 3.39. The topological polar surface area (TPSA) is 67.0 Å². The van der Waals surface area contributed by atoms with Crippen LogP contribution in [0.15, 0.2) is 66.7 Å². The molecular weight excluding hydrogens is 418 g/mol. The smallest absolute Gasteiger partial charge is 0.0640 e. The molecule has 0 amide bonds. The molecule has 0 N–H and O–H groups in total. The number of nitriles is 2. The third kappa shape index (κ3) is 7.36. The van der Waals surface area contributed by atoms with Crippen LogP contribution in [0.25, 0.3) is 24.3 Å². The van der Waals surface area contributed by atoms with Gasteiger partial charge in [-0.05, 0) is 59.7 Å². The molecule has 170 valence electrons. The average molecular weight is 448 g/mol. The summed E-state index contributed by atoms with van der Waals surface area (Å²) in [6.45, 7) is 1.44. The largest absolute Gasteiger partial charge is 0.374 e. The molecule has 0 spiro atoms. The van der Waals surface area contributed by atoms with Gasteiger partial charge in [-0.1, -0.05) is 42.5 Å². The quantitative estimate of drug-likeness (QED) is 0.374. The first-order chi connectivity index (χ1) is 16.6. The van der Waals surface area contributed by atoms with Crippen LogP contribution < -0.4 is 9.80 Å². The Balaban J connectivity index is 1.61. The van der Waals surface area contributed by atoms with Gasteiger partial charge in [-0.25, -0.2) is 4.98 Å². The van der Waals surface area contributed by atoms with Crippen LogP contribution in [-0.2, 0) is 0 Å². The van der Waals surface area contributed by atoms with Gasteiger partial charge in [0, 0.05) is 38.6 Å². The second-order valence-electron chi connectivity index (χ2n) is 8.00. The highest BCUT2D eigenvalue weighted by Crippen LogP contribution is 2.17. The second kappa shape index (κ2) is 12.6. The van der Waals surface area contributed by atoms with E-state index >= 15 is 0 Å². The second-order valence-corrected chi connectivity index (χ2v) is 8.00. The van der Waals surface area contributed by atoms with E-state index in [1.54, 1.807) is 0 Å². The number of rotatable bonds is 10. The lowest BCUT2D eigenvalue weighted by Gasteiger charge is -2.17. The van der Waals surface area contributed by atoms with Crippen molar-refractivity contribution >= 4 is 35.7 Å². The Morgan fingerprint density at radius 3 is 1.44 bits per heavy atom. The van der Waals surface area contributed by atoms with E-state index in [1.165, 1.54) is 0 Å². The van der Waals surface area contributed by atoms with Crippen LogP contribution in [0.2, 0.25) is 0 Å². The van der Waals surface area contributed by atoms with E-state index in [0.29, 0.717) is 12.8 Å². The van der Waals surface area contributed by atoms with Gasteiger partial charge in [0.15, 0.2) is 0 Å². The number of hydrogen-bond acceptors (Lipinski definition) is 5. The summed E-state index contributed by atoms with van der Waals surface area (Å²) in [5.74, 6) is 0. The third-order valence-electron chi connectivity index (χ3n) is 5.47. The van der Waals surface area contributed by atoms with E-state index < -0.39 is 0 Å². The molecule has 0 aliphatic heterocycles. The molecule has 0 bridgehead atoms. The van der Waals surface area contributed by atoms with E-state index in [-0.39, 0.29) is 0 Å². The molecule has 0 aliphatic rings. The maximum atomic E-state index is 8.74. The number of benzene rings is 2. The van der Waals surface area contributed by atoms with Crippen molar-refractivity contribution in [2.45, 2.75) is 12.8 Å². The molecule has 0 saturated carbocycles. The van der Waals surface area contributed by atoms with Crippen LogP contribution in [0.4, 0.5) is 11.4 Å². The Hall–Kier alpha value is -4.35. The van der Waals surface area contributed by atoms with E-state index in [9.17, 15) is 0 Å². The van der Waals surface area contributed by atoms with E-state index in [2.05, 4.69) is 82.6 Å². The van der Waals surface area contributed by atoms with Gasteiger partial charge in [0.25, 0.3) is 0 Å². The monoisotopic (exact) mass is 447 g/mol. The van der Waals surface area contributed by atoms with Gasteiger partial charge in [-0.2, -0.15) is 10.5 Å². The first-order valence-electron chi connectivity index (χ1n) is 11.3. The molecule has 1 aromatic heterocycles. The predicted molar refractivity (Wildman–Crippen MR) is 142 cm³/mol. The predicted octanol–water partition coefficient (Wildman–Crippen LogP) is 6.12. The Morgan fingerprint density at radius 2 is 1.06 bits per heavy atom. The SMILES string of the molecule is CN(CCC#N)c1ccc(/C=C/c2cccc(/C=C/c3ccc(N(C)CCC#N)cc3)n2)cc1. The molecule has 5 nitrogen and oxygen atoms in total. The molecular formula is C29H29N5. The molecule has 0 saturated heterocycles.